The molecule has 26 heavy (non-hydrogen) atoms. The highest BCUT2D eigenvalue weighted by molar-refractivity contribution is 7.93. The number of nitrogens with two attached hydrogens (primary N) is 1. The molecule has 0 saturated heterocycles. The summed E-state index contributed by atoms with van der Waals surface area (Å²) in [5.74, 6) is -0.961. The van der Waals surface area contributed by atoms with Gasteiger partial charge in [0, 0.05) is 13.6 Å². The molecule has 0 aromatic heterocycles. The van der Waals surface area contributed by atoms with Crippen LogP contribution in [-0.4, -0.2) is 46.5 Å². The standard InChI is InChI=1S/C15H26FN3O4S2.ClH/c1-11(2)24(20,21)18-14-7-6-12(8-13(14)16)25(22,23)19(5)10-15(3,4)9-17;/h6-8,11,18H,9-10,17H2,1-5H3;1H. The SMILES string of the molecule is CC(C)S(=O)(=O)Nc1ccc(S(=O)(=O)N(C)CC(C)(C)CN)cc1F.Cl. The number of hydrogen-bond acceptors (Lipinski definition) is 5. The number of nitrogens with zero attached hydrogens (tertiary/aromatic N) is 1. The molecule has 11 heteroatoms. The molecule has 1 rings (SSSR count). The third-order valence-corrected chi connectivity index (χ3v) is 7.27. The van der Waals surface area contributed by atoms with Crippen LogP contribution in [0.3, 0.4) is 0 Å². The smallest absolute Gasteiger partial charge is 0.242 e. The summed E-state index contributed by atoms with van der Waals surface area (Å²) in [4.78, 5) is -0.257. The van der Waals surface area contributed by atoms with Gasteiger partial charge in [0.25, 0.3) is 0 Å². The Labute approximate surface area is 161 Å². The van der Waals surface area contributed by atoms with E-state index < -0.39 is 36.5 Å². The average Bonchev–Trinajstić information content (AvgIpc) is 2.48. The first kappa shape index (κ1) is 25.1. The van der Waals surface area contributed by atoms with Crippen LogP contribution in [0.4, 0.5) is 10.1 Å². The summed E-state index contributed by atoms with van der Waals surface area (Å²) in [7, 11) is -6.26. The predicted octanol–water partition coefficient (Wildman–Crippen LogP) is 2.00. The van der Waals surface area contributed by atoms with Crippen LogP contribution in [0.15, 0.2) is 23.1 Å². The molecule has 3 N–H and O–H groups in total. The summed E-state index contributed by atoms with van der Waals surface area (Å²) in [5.41, 5.74) is 4.89. The molecule has 0 bridgehead atoms. The summed E-state index contributed by atoms with van der Waals surface area (Å²) in [5, 5.41) is -0.750. The molecule has 0 saturated carbocycles. The van der Waals surface area contributed by atoms with Gasteiger partial charge in [0.05, 0.1) is 15.8 Å². The predicted molar refractivity (Wildman–Crippen MR) is 104 cm³/mol. The average molecular weight is 432 g/mol. The number of benzene rings is 1. The van der Waals surface area contributed by atoms with Crippen molar-refractivity contribution in [3.8, 4) is 0 Å². The Bertz CT molecular complexity index is 827. The van der Waals surface area contributed by atoms with E-state index in [1.165, 1.54) is 27.0 Å². The van der Waals surface area contributed by atoms with Crippen LogP contribution in [0.2, 0.25) is 0 Å². The van der Waals surface area contributed by atoms with E-state index in [2.05, 4.69) is 4.72 Å². The minimum absolute atomic E-state index is 0. The lowest BCUT2D eigenvalue weighted by molar-refractivity contribution is 0.292. The van der Waals surface area contributed by atoms with Gasteiger partial charge in [-0.25, -0.2) is 25.5 Å². The number of anilines is 1. The van der Waals surface area contributed by atoms with E-state index in [1.807, 2.05) is 13.8 Å². The highest BCUT2D eigenvalue weighted by Crippen LogP contribution is 2.25. The number of rotatable bonds is 8. The Morgan fingerprint density at radius 3 is 2.19 bits per heavy atom. The van der Waals surface area contributed by atoms with Crippen molar-refractivity contribution in [2.45, 2.75) is 37.8 Å². The van der Waals surface area contributed by atoms with Crippen LogP contribution in [-0.2, 0) is 20.0 Å². The fraction of sp³-hybridized carbons (Fsp3) is 0.600. The first-order chi connectivity index (χ1) is 11.2. The molecule has 0 unspecified atom stereocenters. The van der Waals surface area contributed by atoms with Gasteiger partial charge in [-0.2, -0.15) is 0 Å². The van der Waals surface area contributed by atoms with Crippen LogP contribution < -0.4 is 10.5 Å². The third kappa shape index (κ3) is 6.05. The maximum absolute atomic E-state index is 14.2. The Hall–Kier alpha value is -0.940. The van der Waals surface area contributed by atoms with Crippen LogP contribution >= 0.6 is 12.4 Å². The van der Waals surface area contributed by atoms with E-state index in [1.54, 1.807) is 0 Å². The Morgan fingerprint density at radius 1 is 1.23 bits per heavy atom. The van der Waals surface area contributed by atoms with Crippen molar-refractivity contribution in [2.24, 2.45) is 11.1 Å². The second kappa shape index (κ2) is 8.83. The van der Waals surface area contributed by atoms with Crippen molar-refractivity contribution in [1.82, 2.24) is 4.31 Å². The molecule has 0 radical (unpaired) electrons. The molecular weight excluding hydrogens is 405 g/mol. The second-order valence-electron chi connectivity index (χ2n) is 6.97. The molecule has 0 spiro atoms. The third-order valence-electron chi connectivity index (χ3n) is 3.72. The number of halogens is 2. The van der Waals surface area contributed by atoms with Gasteiger partial charge in [0.2, 0.25) is 20.0 Å². The number of sulfonamides is 2. The molecule has 0 atom stereocenters. The molecule has 1 aromatic rings. The molecule has 7 nitrogen and oxygen atoms in total. The van der Waals surface area contributed by atoms with E-state index in [9.17, 15) is 21.2 Å². The monoisotopic (exact) mass is 431 g/mol. The summed E-state index contributed by atoms with van der Waals surface area (Å²) < 4.78 is 66.2. The van der Waals surface area contributed by atoms with Crippen LogP contribution in [0.25, 0.3) is 0 Å². The van der Waals surface area contributed by atoms with Crippen molar-refractivity contribution >= 4 is 38.1 Å². The van der Waals surface area contributed by atoms with Crippen molar-refractivity contribution < 1.29 is 21.2 Å². The van der Waals surface area contributed by atoms with E-state index >= 15 is 0 Å². The molecule has 0 aliphatic heterocycles. The van der Waals surface area contributed by atoms with Gasteiger partial charge in [-0.05, 0) is 44.0 Å². The lowest BCUT2D eigenvalue weighted by atomic mass is 9.94. The minimum Gasteiger partial charge on any atom is -0.330 e. The summed E-state index contributed by atoms with van der Waals surface area (Å²) in [6.07, 6.45) is 0. The van der Waals surface area contributed by atoms with Crippen molar-refractivity contribution in [2.75, 3.05) is 24.9 Å². The number of nitrogens with one attached hydrogen (secondary N) is 1. The molecule has 0 aliphatic rings. The molecular formula is C15H27ClFN3O4S2. The summed E-state index contributed by atoms with van der Waals surface area (Å²) in [6, 6.07) is 3.08. The zero-order valence-electron chi connectivity index (χ0n) is 15.5. The van der Waals surface area contributed by atoms with Crippen molar-refractivity contribution in [1.29, 1.82) is 0 Å². The zero-order chi connectivity index (χ0) is 19.6. The van der Waals surface area contributed by atoms with Gasteiger partial charge in [0.1, 0.15) is 5.82 Å². The van der Waals surface area contributed by atoms with Gasteiger partial charge in [-0.1, -0.05) is 13.8 Å². The van der Waals surface area contributed by atoms with Crippen LogP contribution in [0.1, 0.15) is 27.7 Å². The highest BCUT2D eigenvalue weighted by atomic mass is 35.5. The quantitative estimate of drug-likeness (QED) is 0.654. The normalized spacial score (nSPS) is 13.0. The first-order valence-electron chi connectivity index (χ1n) is 7.70. The lowest BCUT2D eigenvalue weighted by Crippen LogP contribution is -2.39. The molecule has 0 fully saturated rings. The van der Waals surface area contributed by atoms with Gasteiger partial charge in [-0.3, -0.25) is 4.72 Å². The van der Waals surface area contributed by atoms with Gasteiger partial charge in [0.15, 0.2) is 0 Å². The van der Waals surface area contributed by atoms with Crippen molar-refractivity contribution in [3.05, 3.63) is 24.0 Å². The molecule has 0 amide bonds. The maximum atomic E-state index is 14.2. The van der Waals surface area contributed by atoms with E-state index in [-0.39, 0.29) is 36.1 Å². The van der Waals surface area contributed by atoms with Crippen LogP contribution in [0, 0.1) is 11.2 Å². The van der Waals surface area contributed by atoms with E-state index in [0.717, 1.165) is 16.4 Å². The molecule has 0 heterocycles. The highest BCUT2D eigenvalue weighted by Gasteiger charge is 2.28. The Balaban J connectivity index is 0.00000625. The largest absolute Gasteiger partial charge is 0.330 e. The summed E-state index contributed by atoms with van der Waals surface area (Å²) in [6.45, 7) is 7.00. The van der Waals surface area contributed by atoms with E-state index in [0.29, 0.717) is 0 Å². The topological polar surface area (TPSA) is 110 Å². The Morgan fingerprint density at radius 2 is 1.77 bits per heavy atom. The van der Waals surface area contributed by atoms with Crippen molar-refractivity contribution in [3.63, 3.8) is 0 Å². The van der Waals surface area contributed by atoms with Crippen LogP contribution in [0.5, 0.6) is 0 Å². The molecule has 0 aliphatic carbocycles. The zero-order valence-corrected chi connectivity index (χ0v) is 17.9. The second-order valence-corrected chi connectivity index (χ2v) is 11.2. The Kier molecular flexibility index (Phi) is 8.51. The molecule has 152 valence electrons. The van der Waals surface area contributed by atoms with Gasteiger partial charge >= 0.3 is 0 Å². The lowest BCUT2D eigenvalue weighted by Gasteiger charge is -2.28. The first-order valence-corrected chi connectivity index (χ1v) is 10.7. The molecule has 1 aromatic carbocycles. The minimum atomic E-state index is -3.92. The fourth-order valence-electron chi connectivity index (χ4n) is 1.94. The fourth-order valence-corrected chi connectivity index (χ4v) is 4.02. The summed E-state index contributed by atoms with van der Waals surface area (Å²) >= 11 is 0. The van der Waals surface area contributed by atoms with Gasteiger partial charge < -0.3 is 5.73 Å². The van der Waals surface area contributed by atoms with E-state index in [4.69, 9.17) is 5.73 Å². The maximum Gasteiger partial charge on any atom is 0.242 e. The number of hydrogen-bond donors (Lipinski definition) is 2. The van der Waals surface area contributed by atoms with Gasteiger partial charge in [-0.15, -0.1) is 12.4 Å².